The van der Waals surface area contributed by atoms with Crippen LogP contribution in [0, 0.1) is 41.5 Å². The van der Waals surface area contributed by atoms with Crippen LogP contribution < -0.4 is 9.47 Å². The van der Waals surface area contributed by atoms with Crippen molar-refractivity contribution in [1.82, 2.24) is 19.9 Å². The number of ether oxygens (including phenoxy) is 2. The fourth-order valence-corrected chi connectivity index (χ4v) is 3.68. The van der Waals surface area contributed by atoms with Crippen LogP contribution in [0.5, 0.6) is 11.8 Å². The van der Waals surface area contributed by atoms with Crippen LogP contribution in [0.25, 0.3) is 22.1 Å². The van der Waals surface area contributed by atoms with Crippen LogP contribution >= 0.6 is 23.2 Å². The SMILES string of the molecule is COc1nc2cc(C)c(C)c(C)c2nc1OC.Cc1cc2nc(Cl)c(Cl)nc2c(C)c1C. The van der Waals surface area contributed by atoms with E-state index in [2.05, 4.69) is 40.7 Å². The van der Waals surface area contributed by atoms with E-state index in [4.69, 9.17) is 32.7 Å². The molecule has 0 saturated heterocycles. The van der Waals surface area contributed by atoms with Gasteiger partial charge in [-0.1, -0.05) is 23.2 Å². The smallest absolute Gasteiger partial charge is 0.278 e. The summed E-state index contributed by atoms with van der Waals surface area (Å²) in [7, 11) is 3.13. The predicted molar refractivity (Wildman–Crippen MR) is 131 cm³/mol. The minimum absolute atomic E-state index is 0.256. The lowest BCUT2D eigenvalue weighted by Gasteiger charge is -2.11. The van der Waals surface area contributed by atoms with E-state index in [9.17, 15) is 0 Å². The lowest BCUT2D eigenvalue weighted by Crippen LogP contribution is -2.00. The number of rotatable bonds is 2. The number of aryl methyl sites for hydroxylation is 4. The number of hydrogen-bond donors (Lipinski definition) is 0. The van der Waals surface area contributed by atoms with Gasteiger partial charge in [0.25, 0.3) is 11.8 Å². The normalized spacial score (nSPS) is 10.8. The Morgan fingerprint density at radius 1 is 0.562 bits per heavy atom. The molecule has 2 aromatic heterocycles. The number of nitrogens with zero attached hydrogens (tertiary/aromatic N) is 4. The molecule has 0 fully saturated rings. The predicted octanol–water partition coefficient (Wildman–Crippen LogP) is 6.43. The molecule has 0 bridgehead atoms. The van der Waals surface area contributed by atoms with Gasteiger partial charge in [0.15, 0.2) is 10.3 Å². The minimum atomic E-state index is 0.256. The Morgan fingerprint density at radius 3 is 1.47 bits per heavy atom. The van der Waals surface area contributed by atoms with Crippen LogP contribution in [-0.4, -0.2) is 34.2 Å². The van der Waals surface area contributed by atoms with E-state index in [1.54, 1.807) is 14.2 Å². The standard InChI is InChI=1S/C13H16N2O2.C11H10Cl2N2/c1-7-6-10-11(9(3)8(7)2)15-13(17-5)12(14-10)16-4;1-5-4-8-9(7(3)6(5)2)15-11(13)10(12)14-8/h6H,1-5H3;4H,1-3H3. The van der Waals surface area contributed by atoms with Gasteiger partial charge in [-0.3, -0.25) is 0 Å². The summed E-state index contributed by atoms with van der Waals surface area (Å²) < 4.78 is 10.3. The molecule has 0 aliphatic rings. The van der Waals surface area contributed by atoms with Gasteiger partial charge < -0.3 is 9.47 Å². The third kappa shape index (κ3) is 4.43. The summed E-state index contributed by atoms with van der Waals surface area (Å²) in [4.78, 5) is 17.3. The largest absolute Gasteiger partial charge is 0.477 e. The second kappa shape index (κ2) is 9.43. The second-order valence-electron chi connectivity index (χ2n) is 7.67. The first-order chi connectivity index (χ1) is 15.1. The average Bonchev–Trinajstić information content (AvgIpc) is 2.77. The van der Waals surface area contributed by atoms with Gasteiger partial charge in [0.1, 0.15) is 0 Å². The Hall–Kier alpha value is -2.70. The highest BCUT2D eigenvalue weighted by molar-refractivity contribution is 6.40. The van der Waals surface area contributed by atoms with Gasteiger partial charge in [-0.15, -0.1) is 0 Å². The van der Waals surface area contributed by atoms with Gasteiger partial charge in [-0.2, -0.15) is 0 Å². The molecule has 0 unspecified atom stereocenters. The number of aromatic nitrogens is 4. The van der Waals surface area contributed by atoms with Crippen molar-refractivity contribution in [2.24, 2.45) is 0 Å². The molecule has 0 atom stereocenters. The average molecular weight is 473 g/mol. The molecule has 32 heavy (non-hydrogen) atoms. The van der Waals surface area contributed by atoms with Crippen LogP contribution in [0.4, 0.5) is 0 Å². The molecule has 0 radical (unpaired) electrons. The molecule has 168 valence electrons. The molecule has 4 aromatic rings. The second-order valence-corrected chi connectivity index (χ2v) is 8.39. The van der Waals surface area contributed by atoms with Gasteiger partial charge >= 0.3 is 0 Å². The van der Waals surface area contributed by atoms with E-state index in [0.717, 1.165) is 33.2 Å². The van der Waals surface area contributed by atoms with Crippen molar-refractivity contribution in [3.63, 3.8) is 0 Å². The van der Waals surface area contributed by atoms with Crippen LogP contribution in [0.2, 0.25) is 10.3 Å². The summed E-state index contributed by atoms with van der Waals surface area (Å²) in [6.07, 6.45) is 0. The van der Waals surface area contributed by atoms with E-state index < -0.39 is 0 Å². The number of methoxy groups -OCH3 is 2. The van der Waals surface area contributed by atoms with Crippen LogP contribution in [0.15, 0.2) is 12.1 Å². The van der Waals surface area contributed by atoms with E-state index in [1.807, 2.05) is 32.9 Å². The molecule has 0 saturated carbocycles. The number of hydrogen-bond acceptors (Lipinski definition) is 6. The fourth-order valence-electron chi connectivity index (χ4n) is 3.42. The maximum Gasteiger partial charge on any atom is 0.278 e. The molecule has 0 aliphatic carbocycles. The first-order valence-electron chi connectivity index (χ1n) is 10.0. The van der Waals surface area contributed by atoms with Crippen LogP contribution in [0.3, 0.4) is 0 Å². The third-order valence-corrected chi connectivity index (χ3v) is 6.44. The lowest BCUT2D eigenvalue weighted by molar-refractivity contribution is 0.334. The number of benzene rings is 2. The molecule has 0 spiro atoms. The Balaban J connectivity index is 0.000000182. The maximum atomic E-state index is 5.85. The van der Waals surface area contributed by atoms with Crippen molar-refractivity contribution in [1.29, 1.82) is 0 Å². The molecule has 0 amide bonds. The fraction of sp³-hybridized carbons (Fsp3) is 0.333. The van der Waals surface area contributed by atoms with E-state index in [-0.39, 0.29) is 10.3 Å². The molecular weight excluding hydrogens is 447 g/mol. The highest BCUT2D eigenvalue weighted by Crippen LogP contribution is 2.29. The summed E-state index contributed by atoms with van der Waals surface area (Å²) in [6, 6.07) is 4.00. The van der Waals surface area contributed by atoms with Crippen molar-refractivity contribution in [2.75, 3.05) is 14.2 Å². The number of fused-ring (bicyclic) bond motifs is 2. The highest BCUT2D eigenvalue weighted by atomic mass is 35.5. The quantitative estimate of drug-likeness (QED) is 0.334. The van der Waals surface area contributed by atoms with Gasteiger partial charge in [-0.25, -0.2) is 19.9 Å². The lowest BCUT2D eigenvalue weighted by atomic mass is 10.0. The Labute approximate surface area is 197 Å². The zero-order valence-electron chi connectivity index (χ0n) is 19.5. The van der Waals surface area contributed by atoms with Gasteiger partial charge in [0, 0.05) is 0 Å². The van der Waals surface area contributed by atoms with Gasteiger partial charge in [0.05, 0.1) is 36.3 Å². The van der Waals surface area contributed by atoms with Crippen molar-refractivity contribution in [3.05, 3.63) is 55.8 Å². The van der Waals surface area contributed by atoms with Gasteiger partial charge in [-0.05, 0) is 87.1 Å². The Kier molecular flexibility index (Phi) is 7.06. The summed E-state index contributed by atoms with van der Waals surface area (Å²) in [6.45, 7) is 12.3. The maximum absolute atomic E-state index is 5.85. The molecule has 6 nitrogen and oxygen atoms in total. The molecular formula is C24H26Cl2N4O2. The van der Waals surface area contributed by atoms with E-state index in [1.165, 1.54) is 22.3 Å². The topological polar surface area (TPSA) is 70.0 Å². The summed E-state index contributed by atoms with van der Waals surface area (Å²) in [5, 5.41) is 0.516. The molecule has 4 rings (SSSR count). The van der Waals surface area contributed by atoms with Crippen LogP contribution in [-0.2, 0) is 0 Å². The Bertz CT molecular complexity index is 1330. The first-order valence-corrected chi connectivity index (χ1v) is 10.8. The molecule has 8 heteroatoms. The minimum Gasteiger partial charge on any atom is -0.477 e. The van der Waals surface area contributed by atoms with Crippen LogP contribution in [0.1, 0.15) is 33.4 Å². The summed E-state index contributed by atoms with van der Waals surface area (Å²) in [5.41, 5.74) is 10.4. The van der Waals surface area contributed by atoms with Crippen molar-refractivity contribution in [2.45, 2.75) is 41.5 Å². The third-order valence-electron chi connectivity index (χ3n) is 5.81. The van der Waals surface area contributed by atoms with Crippen molar-refractivity contribution < 1.29 is 9.47 Å². The molecule has 2 heterocycles. The molecule has 0 N–H and O–H groups in total. The number of halogens is 2. The monoisotopic (exact) mass is 472 g/mol. The van der Waals surface area contributed by atoms with E-state index >= 15 is 0 Å². The molecule has 2 aromatic carbocycles. The first kappa shape index (κ1) is 24.0. The van der Waals surface area contributed by atoms with Crippen molar-refractivity contribution in [3.8, 4) is 11.8 Å². The zero-order chi connectivity index (χ0) is 23.7. The summed E-state index contributed by atoms with van der Waals surface area (Å²) in [5.74, 6) is 0.842. The highest BCUT2D eigenvalue weighted by Gasteiger charge is 2.13. The zero-order valence-corrected chi connectivity index (χ0v) is 21.0. The summed E-state index contributed by atoms with van der Waals surface area (Å²) >= 11 is 11.7. The molecule has 0 aliphatic heterocycles. The van der Waals surface area contributed by atoms with Crippen molar-refractivity contribution >= 4 is 45.3 Å². The van der Waals surface area contributed by atoms with E-state index in [0.29, 0.717) is 11.8 Å². The van der Waals surface area contributed by atoms with Gasteiger partial charge in [0.2, 0.25) is 0 Å². The Morgan fingerprint density at radius 2 is 0.969 bits per heavy atom.